The lowest BCUT2D eigenvalue weighted by Crippen LogP contribution is -2.15. The van der Waals surface area contributed by atoms with Crippen molar-refractivity contribution in [1.29, 1.82) is 0 Å². The van der Waals surface area contributed by atoms with E-state index in [1.807, 2.05) is 25.2 Å². The largest absolute Gasteiger partial charge is 0.486 e. The molecule has 2 heterocycles. The molecule has 0 bridgehead atoms. The summed E-state index contributed by atoms with van der Waals surface area (Å²) < 4.78 is 11.1. The van der Waals surface area contributed by atoms with Crippen molar-refractivity contribution < 1.29 is 9.47 Å². The van der Waals surface area contributed by atoms with Gasteiger partial charge in [0.1, 0.15) is 19.0 Å². The highest BCUT2D eigenvalue weighted by Crippen LogP contribution is 2.36. The average Bonchev–Trinajstić information content (AvgIpc) is 2.35. The van der Waals surface area contributed by atoms with Gasteiger partial charge in [0, 0.05) is 18.6 Å². The van der Waals surface area contributed by atoms with Crippen molar-refractivity contribution in [3.05, 3.63) is 24.4 Å². The molecule has 0 aliphatic carbocycles. The van der Waals surface area contributed by atoms with Crippen LogP contribution in [0.25, 0.3) is 10.8 Å². The fourth-order valence-corrected chi connectivity index (χ4v) is 1.91. The number of fused-ring (bicyclic) bond motifs is 2. The van der Waals surface area contributed by atoms with E-state index < -0.39 is 0 Å². The summed E-state index contributed by atoms with van der Waals surface area (Å²) in [5.41, 5.74) is 0. The zero-order valence-electron chi connectivity index (χ0n) is 8.99. The van der Waals surface area contributed by atoms with Crippen molar-refractivity contribution >= 4 is 16.6 Å². The smallest absolute Gasteiger partial charge is 0.162 e. The van der Waals surface area contributed by atoms with E-state index in [1.54, 1.807) is 6.20 Å². The van der Waals surface area contributed by atoms with Crippen LogP contribution in [0.2, 0.25) is 0 Å². The molecule has 0 saturated heterocycles. The van der Waals surface area contributed by atoms with Gasteiger partial charge in [-0.25, -0.2) is 4.98 Å². The van der Waals surface area contributed by atoms with Crippen molar-refractivity contribution in [1.82, 2.24) is 4.98 Å². The Labute approximate surface area is 93.2 Å². The highest BCUT2D eigenvalue weighted by Gasteiger charge is 2.13. The van der Waals surface area contributed by atoms with Crippen LogP contribution in [0.1, 0.15) is 0 Å². The zero-order chi connectivity index (χ0) is 11.0. The molecule has 1 aromatic carbocycles. The molecule has 0 spiro atoms. The monoisotopic (exact) mass is 216 g/mol. The van der Waals surface area contributed by atoms with Crippen LogP contribution in [-0.4, -0.2) is 25.2 Å². The Morgan fingerprint density at radius 2 is 1.94 bits per heavy atom. The van der Waals surface area contributed by atoms with E-state index in [-0.39, 0.29) is 0 Å². The number of benzene rings is 1. The molecule has 3 rings (SSSR count). The van der Waals surface area contributed by atoms with Crippen molar-refractivity contribution in [2.45, 2.75) is 0 Å². The Bertz CT molecular complexity index is 540. The first-order valence-corrected chi connectivity index (χ1v) is 5.24. The second kappa shape index (κ2) is 3.56. The maximum atomic E-state index is 5.55. The van der Waals surface area contributed by atoms with Crippen molar-refractivity contribution in [3.8, 4) is 11.5 Å². The first-order valence-electron chi connectivity index (χ1n) is 5.24. The minimum Gasteiger partial charge on any atom is -0.486 e. The molecule has 0 saturated carbocycles. The van der Waals surface area contributed by atoms with Gasteiger partial charge >= 0.3 is 0 Å². The minimum absolute atomic E-state index is 0.605. The molecule has 16 heavy (non-hydrogen) atoms. The highest BCUT2D eigenvalue weighted by atomic mass is 16.6. The Hall–Kier alpha value is -1.97. The summed E-state index contributed by atoms with van der Waals surface area (Å²) in [6.07, 6.45) is 1.78. The fourth-order valence-electron chi connectivity index (χ4n) is 1.91. The van der Waals surface area contributed by atoms with Gasteiger partial charge < -0.3 is 14.8 Å². The summed E-state index contributed by atoms with van der Waals surface area (Å²) in [5, 5.41) is 5.22. The summed E-state index contributed by atoms with van der Waals surface area (Å²) in [7, 11) is 1.86. The second-order valence-electron chi connectivity index (χ2n) is 3.63. The molecular formula is C12H12N2O2. The SMILES string of the molecule is CNc1nccc2cc3c(cc12)OCCO3. The summed E-state index contributed by atoms with van der Waals surface area (Å²) in [4.78, 5) is 4.27. The van der Waals surface area contributed by atoms with Crippen LogP contribution in [0.5, 0.6) is 11.5 Å². The number of ether oxygens (including phenoxy) is 2. The van der Waals surface area contributed by atoms with Gasteiger partial charge in [0.2, 0.25) is 0 Å². The lowest BCUT2D eigenvalue weighted by atomic mass is 10.1. The maximum absolute atomic E-state index is 5.55. The molecule has 0 amide bonds. The fraction of sp³-hybridized carbons (Fsp3) is 0.250. The molecule has 1 aliphatic rings. The number of nitrogens with one attached hydrogen (secondary N) is 1. The van der Waals surface area contributed by atoms with E-state index in [2.05, 4.69) is 10.3 Å². The zero-order valence-corrected chi connectivity index (χ0v) is 8.99. The van der Waals surface area contributed by atoms with Gasteiger partial charge in [0.15, 0.2) is 11.5 Å². The van der Waals surface area contributed by atoms with E-state index in [0.29, 0.717) is 13.2 Å². The van der Waals surface area contributed by atoms with Gasteiger partial charge in [-0.05, 0) is 23.6 Å². The molecule has 0 fully saturated rings. The van der Waals surface area contributed by atoms with E-state index in [4.69, 9.17) is 9.47 Å². The Morgan fingerprint density at radius 3 is 2.69 bits per heavy atom. The summed E-state index contributed by atoms with van der Waals surface area (Å²) in [6, 6.07) is 5.93. The number of pyridine rings is 1. The molecule has 82 valence electrons. The Balaban J connectivity index is 2.27. The lowest BCUT2D eigenvalue weighted by Gasteiger charge is -2.19. The van der Waals surface area contributed by atoms with Gasteiger partial charge in [0.25, 0.3) is 0 Å². The molecule has 0 unspecified atom stereocenters. The van der Waals surface area contributed by atoms with Crippen LogP contribution in [0.3, 0.4) is 0 Å². The van der Waals surface area contributed by atoms with Crippen molar-refractivity contribution in [2.24, 2.45) is 0 Å². The number of nitrogens with zero attached hydrogens (tertiary/aromatic N) is 1. The van der Waals surface area contributed by atoms with E-state index in [0.717, 1.165) is 28.1 Å². The number of hydrogen-bond donors (Lipinski definition) is 1. The van der Waals surface area contributed by atoms with Gasteiger partial charge in [-0.2, -0.15) is 0 Å². The third kappa shape index (κ3) is 1.34. The molecule has 4 nitrogen and oxygen atoms in total. The van der Waals surface area contributed by atoms with Crippen LogP contribution in [0.15, 0.2) is 24.4 Å². The first-order chi connectivity index (χ1) is 7.88. The second-order valence-corrected chi connectivity index (χ2v) is 3.63. The van der Waals surface area contributed by atoms with Crippen LogP contribution >= 0.6 is 0 Å². The highest BCUT2D eigenvalue weighted by molar-refractivity contribution is 5.94. The first kappa shape index (κ1) is 9.27. The minimum atomic E-state index is 0.605. The van der Waals surface area contributed by atoms with E-state index in [1.165, 1.54) is 0 Å². The van der Waals surface area contributed by atoms with Crippen LogP contribution in [-0.2, 0) is 0 Å². The van der Waals surface area contributed by atoms with E-state index >= 15 is 0 Å². The van der Waals surface area contributed by atoms with Gasteiger partial charge in [-0.15, -0.1) is 0 Å². The van der Waals surface area contributed by atoms with Gasteiger partial charge in [-0.3, -0.25) is 0 Å². The standard InChI is InChI=1S/C12H12N2O2/c1-13-12-9-7-11-10(15-4-5-16-11)6-8(9)2-3-14-12/h2-3,6-7H,4-5H2,1H3,(H,13,14). The molecule has 0 atom stereocenters. The predicted molar refractivity (Wildman–Crippen MR) is 62.3 cm³/mol. The molecule has 1 aromatic heterocycles. The molecule has 1 N–H and O–H groups in total. The van der Waals surface area contributed by atoms with E-state index in [9.17, 15) is 0 Å². The number of hydrogen-bond acceptors (Lipinski definition) is 4. The lowest BCUT2D eigenvalue weighted by molar-refractivity contribution is 0.172. The molecular weight excluding hydrogens is 204 g/mol. The number of rotatable bonds is 1. The third-order valence-electron chi connectivity index (χ3n) is 2.66. The van der Waals surface area contributed by atoms with Gasteiger partial charge in [0.05, 0.1) is 0 Å². The normalized spacial score (nSPS) is 13.8. The molecule has 4 heteroatoms. The number of anilines is 1. The van der Waals surface area contributed by atoms with Crippen LogP contribution in [0.4, 0.5) is 5.82 Å². The maximum Gasteiger partial charge on any atom is 0.162 e. The predicted octanol–water partition coefficient (Wildman–Crippen LogP) is 2.05. The molecule has 2 aromatic rings. The van der Waals surface area contributed by atoms with Crippen LogP contribution < -0.4 is 14.8 Å². The molecule has 1 aliphatic heterocycles. The van der Waals surface area contributed by atoms with Gasteiger partial charge in [-0.1, -0.05) is 0 Å². The third-order valence-corrected chi connectivity index (χ3v) is 2.66. The summed E-state index contributed by atoms with van der Waals surface area (Å²) in [6.45, 7) is 1.22. The van der Waals surface area contributed by atoms with Crippen molar-refractivity contribution in [2.75, 3.05) is 25.6 Å². The Kier molecular flexibility index (Phi) is 2.06. The van der Waals surface area contributed by atoms with Crippen LogP contribution in [0, 0.1) is 0 Å². The number of aromatic nitrogens is 1. The average molecular weight is 216 g/mol. The van der Waals surface area contributed by atoms with Crippen molar-refractivity contribution in [3.63, 3.8) is 0 Å². The molecule has 0 radical (unpaired) electrons. The Morgan fingerprint density at radius 1 is 1.19 bits per heavy atom. The summed E-state index contributed by atoms with van der Waals surface area (Å²) in [5.74, 6) is 2.46. The quantitative estimate of drug-likeness (QED) is 0.792. The topological polar surface area (TPSA) is 43.4 Å². The summed E-state index contributed by atoms with van der Waals surface area (Å²) >= 11 is 0.